The van der Waals surface area contributed by atoms with Crippen molar-refractivity contribution in [2.75, 3.05) is 7.05 Å². The van der Waals surface area contributed by atoms with Gasteiger partial charge in [-0.05, 0) is 17.9 Å². The molecule has 0 heterocycles. The first kappa shape index (κ1) is 15.2. The summed E-state index contributed by atoms with van der Waals surface area (Å²) < 4.78 is 0. The topological polar surface area (TPSA) is 44.1 Å². The molecule has 0 aliphatic heterocycles. The van der Waals surface area contributed by atoms with Crippen LogP contribution in [0.15, 0.2) is 30.3 Å². The van der Waals surface area contributed by atoms with E-state index < -0.39 is 0 Å². The molecule has 3 heteroatoms. The molecular weight excluding hydrogens is 236 g/mol. The standard InChI is InChI=1S/C16H22N2O/c1-13(2)9-15(11-17)10-16(19)18(3)12-14-7-5-4-6-8-14/h4-8,13,15H,9-10,12H2,1-3H3. The summed E-state index contributed by atoms with van der Waals surface area (Å²) in [6.07, 6.45) is 1.10. The summed E-state index contributed by atoms with van der Waals surface area (Å²) in [5, 5.41) is 9.07. The van der Waals surface area contributed by atoms with Crippen LogP contribution in [0.3, 0.4) is 0 Å². The summed E-state index contributed by atoms with van der Waals surface area (Å²) in [5.74, 6) is 0.304. The van der Waals surface area contributed by atoms with E-state index >= 15 is 0 Å². The lowest BCUT2D eigenvalue weighted by Crippen LogP contribution is -2.28. The minimum Gasteiger partial charge on any atom is -0.341 e. The third-order valence-corrected chi connectivity index (χ3v) is 3.05. The maximum atomic E-state index is 12.1. The minimum atomic E-state index is -0.175. The normalized spacial score (nSPS) is 11.9. The molecule has 1 atom stereocenters. The van der Waals surface area contributed by atoms with Crippen LogP contribution in [0, 0.1) is 23.2 Å². The van der Waals surface area contributed by atoms with Crippen molar-refractivity contribution in [2.24, 2.45) is 11.8 Å². The Bertz CT molecular complexity index is 434. The van der Waals surface area contributed by atoms with Crippen molar-refractivity contribution in [3.63, 3.8) is 0 Å². The van der Waals surface area contributed by atoms with Crippen molar-refractivity contribution in [2.45, 2.75) is 33.2 Å². The maximum absolute atomic E-state index is 12.1. The molecule has 0 spiro atoms. The summed E-state index contributed by atoms with van der Waals surface area (Å²) in [7, 11) is 1.79. The molecule has 102 valence electrons. The number of nitriles is 1. The fraction of sp³-hybridized carbons (Fsp3) is 0.500. The summed E-state index contributed by atoms with van der Waals surface area (Å²) in [6, 6.07) is 12.1. The number of benzene rings is 1. The fourth-order valence-electron chi connectivity index (χ4n) is 2.06. The Kier molecular flexibility index (Phi) is 6.08. The van der Waals surface area contributed by atoms with Crippen molar-refractivity contribution in [3.8, 4) is 6.07 Å². The van der Waals surface area contributed by atoms with E-state index in [1.165, 1.54) is 0 Å². The molecule has 0 aliphatic carbocycles. The molecule has 0 N–H and O–H groups in total. The van der Waals surface area contributed by atoms with Gasteiger partial charge in [0, 0.05) is 20.0 Å². The smallest absolute Gasteiger partial charge is 0.223 e. The third kappa shape index (κ3) is 5.56. The van der Waals surface area contributed by atoms with Gasteiger partial charge >= 0.3 is 0 Å². The van der Waals surface area contributed by atoms with Gasteiger partial charge in [-0.1, -0.05) is 44.2 Å². The zero-order valence-corrected chi connectivity index (χ0v) is 12.0. The molecule has 0 saturated carbocycles. The maximum Gasteiger partial charge on any atom is 0.223 e. The van der Waals surface area contributed by atoms with E-state index in [-0.39, 0.29) is 11.8 Å². The molecule has 0 aliphatic rings. The summed E-state index contributed by atoms with van der Waals surface area (Å²) >= 11 is 0. The summed E-state index contributed by atoms with van der Waals surface area (Å²) in [4.78, 5) is 13.8. The van der Waals surface area contributed by atoms with Gasteiger partial charge in [0.1, 0.15) is 0 Å². The van der Waals surface area contributed by atoms with Crippen LogP contribution in [0.25, 0.3) is 0 Å². The molecule has 1 unspecified atom stereocenters. The first-order valence-electron chi connectivity index (χ1n) is 6.70. The zero-order valence-electron chi connectivity index (χ0n) is 12.0. The van der Waals surface area contributed by atoms with Gasteiger partial charge in [0.05, 0.1) is 12.0 Å². The number of nitrogens with zero attached hydrogens (tertiary/aromatic N) is 2. The average Bonchev–Trinajstić information content (AvgIpc) is 2.38. The Morgan fingerprint density at radius 3 is 2.47 bits per heavy atom. The van der Waals surface area contributed by atoms with Gasteiger partial charge in [-0.3, -0.25) is 4.79 Å². The van der Waals surface area contributed by atoms with Crippen LogP contribution in [0.2, 0.25) is 0 Å². The van der Waals surface area contributed by atoms with E-state index in [0.717, 1.165) is 12.0 Å². The van der Waals surface area contributed by atoms with E-state index in [4.69, 9.17) is 5.26 Å². The SMILES string of the molecule is CC(C)CC(C#N)CC(=O)N(C)Cc1ccccc1. The number of hydrogen-bond donors (Lipinski definition) is 0. The van der Waals surface area contributed by atoms with Crippen LogP contribution in [-0.2, 0) is 11.3 Å². The molecule has 0 saturated heterocycles. The van der Waals surface area contributed by atoms with E-state index in [0.29, 0.717) is 18.9 Å². The number of hydrogen-bond acceptors (Lipinski definition) is 2. The van der Waals surface area contributed by atoms with Crippen LogP contribution < -0.4 is 0 Å². The largest absolute Gasteiger partial charge is 0.341 e. The molecule has 0 fully saturated rings. The van der Waals surface area contributed by atoms with Crippen molar-refractivity contribution < 1.29 is 4.79 Å². The highest BCUT2D eigenvalue weighted by molar-refractivity contribution is 5.76. The van der Waals surface area contributed by atoms with Crippen LogP contribution in [0.1, 0.15) is 32.3 Å². The highest BCUT2D eigenvalue weighted by atomic mass is 16.2. The molecule has 0 aromatic heterocycles. The van der Waals surface area contributed by atoms with Gasteiger partial charge in [0.25, 0.3) is 0 Å². The molecular formula is C16H22N2O. The van der Waals surface area contributed by atoms with Crippen LogP contribution in [0.5, 0.6) is 0 Å². The molecule has 1 aromatic carbocycles. The number of rotatable bonds is 6. The number of amides is 1. The van der Waals surface area contributed by atoms with Gasteiger partial charge in [-0.15, -0.1) is 0 Å². The average molecular weight is 258 g/mol. The van der Waals surface area contributed by atoms with Gasteiger partial charge < -0.3 is 4.90 Å². The first-order chi connectivity index (χ1) is 9.02. The molecule has 0 bridgehead atoms. The monoisotopic (exact) mass is 258 g/mol. The number of carbonyl (C=O) groups excluding carboxylic acids is 1. The molecule has 0 radical (unpaired) electrons. The van der Waals surface area contributed by atoms with Crippen molar-refractivity contribution >= 4 is 5.91 Å². The highest BCUT2D eigenvalue weighted by Crippen LogP contribution is 2.16. The third-order valence-electron chi connectivity index (χ3n) is 3.05. The Hall–Kier alpha value is -1.82. The highest BCUT2D eigenvalue weighted by Gasteiger charge is 2.17. The summed E-state index contributed by atoms with van der Waals surface area (Å²) in [5.41, 5.74) is 1.11. The van der Waals surface area contributed by atoms with Gasteiger partial charge in [-0.2, -0.15) is 5.26 Å². The molecule has 19 heavy (non-hydrogen) atoms. The fourth-order valence-corrected chi connectivity index (χ4v) is 2.06. The Labute approximate surface area is 115 Å². The lowest BCUT2D eigenvalue weighted by atomic mass is 9.95. The summed E-state index contributed by atoms with van der Waals surface area (Å²) in [6.45, 7) is 4.74. The second-order valence-electron chi connectivity index (χ2n) is 5.40. The second-order valence-corrected chi connectivity index (χ2v) is 5.40. The predicted molar refractivity (Wildman–Crippen MR) is 76.1 cm³/mol. The minimum absolute atomic E-state index is 0.0380. The van der Waals surface area contributed by atoms with Crippen molar-refractivity contribution in [1.29, 1.82) is 5.26 Å². The van der Waals surface area contributed by atoms with Gasteiger partial charge in [0.15, 0.2) is 0 Å². The number of carbonyl (C=O) groups is 1. The Morgan fingerprint density at radius 1 is 1.32 bits per heavy atom. The molecule has 1 amide bonds. The van der Waals surface area contributed by atoms with Crippen molar-refractivity contribution in [3.05, 3.63) is 35.9 Å². The van der Waals surface area contributed by atoms with E-state index in [1.54, 1.807) is 11.9 Å². The van der Waals surface area contributed by atoms with E-state index in [2.05, 4.69) is 19.9 Å². The van der Waals surface area contributed by atoms with Crippen LogP contribution >= 0.6 is 0 Å². The van der Waals surface area contributed by atoms with E-state index in [1.807, 2.05) is 30.3 Å². The zero-order chi connectivity index (χ0) is 14.3. The quantitative estimate of drug-likeness (QED) is 0.786. The van der Waals surface area contributed by atoms with E-state index in [9.17, 15) is 4.79 Å². The van der Waals surface area contributed by atoms with Gasteiger partial charge in [-0.25, -0.2) is 0 Å². The molecule has 1 rings (SSSR count). The van der Waals surface area contributed by atoms with Crippen LogP contribution in [-0.4, -0.2) is 17.9 Å². The first-order valence-corrected chi connectivity index (χ1v) is 6.70. The molecule has 1 aromatic rings. The van der Waals surface area contributed by atoms with Crippen molar-refractivity contribution in [1.82, 2.24) is 4.90 Å². The Balaban J connectivity index is 2.51. The second kappa shape index (κ2) is 7.58. The Morgan fingerprint density at radius 2 is 1.95 bits per heavy atom. The van der Waals surface area contributed by atoms with Crippen LogP contribution in [0.4, 0.5) is 0 Å². The lowest BCUT2D eigenvalue weighted by Gasteiger charge is -2.19. The lowest BCUT2D eigenvalue weighted by molar-refractivity contribution is -0.131. The molecule has 3 nitrogen and oxygen atoms in total. The predicted octanol–water partition coefficient (Wildman–Crippen LogP) is 3.22. The van der Waals surface area contributed by atoms with Gasteiger partial charge in [0.2, 0.25) is 5.91 Å².